The van der Waals surface area contributed by atoms with Gasteiger partial charge < -0.3 is 10.4 Å². The Morgan fingerprint density at radius 2 is 1.53 bits per heavy atom. The van der Waals surface area contributed by atoms with Crippen molar-refractivity contribution in [2.75, 3.05) is 5.32 Å². The lowest BCUT2D eigenvalue weighted by molar-refractivity contribution is -0.178. The second-order valence-corrected chi connectivity index (χ2v) is 8.50. The second kappa shape index (κ2) is 10.7. The Morgan fingerprint density at radius 3 is 2.03 bits per heavy atom. The lowest BCUT2D eigenvalue weighted by Crippen LogP contribution is -2.34. The molecule has 1 amide bonds. The molecule has 0 saturated carbocycles. The van der Waals surface area contributed by atoms with E-state index >= 15 is 0 Å². The van der Waals surface area contributed by atoms with Gasteiger partial charge in [0.15, 0.2) is 0 Å². The maximum atomic E-state index is 13.5. The van der Waals surface area contributed by atoms with Crippen LogP contribution < -0.4 is 5.32 Å². The van der Waals surface area contributed by atoms with E-state index in [2.05, 4.69) is 5.32 Å². The van der Waals surface area contributed by atoms with E-state index in [-0.39, 0.29) is 28.3 Å². The highest BCUT2D eigenvalue weighted by Crippen LogP contribution is 2.39. The molecule has 0 aliphatic heterocycles. The first-order valence-electron chi connectivity index (χ1n) is 10.1. The number of benzene rings is 2. The van der Waals surface area contributed by atoms with E-state index in [1.54, 1.807) is 0 Å². The normalized spacial score (nSPS) is 14.9. The third kappa shape index (κ3) is 7.65. The van der Waals surface area contributed by atoms with E-state index < -0.39 is 48.4 Å². The van der Waals surface area contributed by atoms with E-state index in [0.29, 0.717) is 5.56 Å². The molecule has 4 nitrogen and oxygen atoms in total. The molecule has 0 aromatic heterocycles. The fourth-order valence-corrected chi connectivity index (χ4v) is 3.54. The summed E-state index contributed by atoms with van der Waals surface area (Å²) in [4.78, 5) is 24.0. The van der Waals surface area contributed by atoms with Crippen LogP contribution in [0, 0.1) is 11.8 Å². The van der Waals surface area contributed by atoms with Gasteiger partial charge in [-0.15, -0.1) is 0 Å². The molecule has 186 valence electrons. The number of carbonyl (C=O) groups is 2. The largest absolute Gasteiger partial charge is 0.481 e. The van der Waals surface area contributed by atoms with Gasteiger partial charge in [0.25, 0.3) is 0 Å². The third-order valence-electron chi connectivity index (χ3n) is 5.29. The molecular formula is C23H22ClF6NO3. The van der Waals surface area contributed by atoms with Crippen molar-refractivity contribution in [2.45, 2.75) is 45.0 Å². The highest BCUT2D eigenvalue weighted by Gasteiger charge is 2.45. The molecule has 0 fully saturated rings. The van der Waals surface area contributed by atoms with Gasteiger partial charge >= 0.3 is 18.3 Å². The van der Waals surface area contributed by atoms with Crippen LogP contribution in [-0.2, 0) is 22.4 Å². The Balaban J connectivity index is 2.36. The van der Waals surface area contributed by atoms with Gasteiger partial charge in [0, 0.05) is 0 Å². The molecule has 3 atom stereocenters. The maximum Gasteiger partial charge on any atom is 0.393 e. The van der Waals surface area contributed by atoms with Gasteiger partial charge in [0.05, 0.1) is 34.9 Å². The van der Waals surface area contributed by atoms with E-state index in [9.17, 15) is 35.9 Å². The predicted molar refractivity (Wildman–Crippen MR) is 115 cm³/mol. The Kier molecular flexibility index (Phi) is 8.63. The summed E-state index contributed by atoms with van der Waals surface area (Å²) in [6.07, 6.45) is -10.4. The van der Waals surface area contributed by atoms with Crippen LogP contribution in [0.1, 0.15) is 36.5 Å². The number of hydrogen-bond acceptors (Lipinski definition) is 2. The number of rotatable bonds is 8. The minimum absolute atomic E-state index is 0.00479. The Labute approximate surface area is 196 Å². The molecule has 0 saturated heterocycles. The van der Waals surface area contributed by atoms with Crippen molar-refractivity contribution in [3.8, 4) is 0 Å². The summed E-state index contributed by atoms with van der Waals surface area (Å²) < 4.78 is 78.4. The van der Waals surface area contributed by atoms with Crippen LogP contribution in [0.2, 0.25) is 5.02 Å². The van der Waals surface area contributed by atoms with Crippen molar-refractivity contribution in [1.82, 2.24) is 0 Å². The summed E-state index contributed by atoms with van der Waals surface area (Å²) in [7, 11) is 0. The van der Waals surface area contributed by atoms with Gasteiger partial charge in [-0.1, -0.05) is 55.8 Å². The van der Waals surface area contributed by atoms with Crippen LogP contribution in [0.15, 0.2) is 42.5 Å². The fourth-order valence-electron chi connectivity index (χ4n) is 3.38. The van der Waals surface area contributed by atoms with Gasteiger partial charge in [0.1, 0.15) is 0 Å². The number of anilines is 1. The SMILES string of the molecule is CC(Cc1ccc(Cl)c(NC(=O)C(c2ccc(CC(F)(F)F)cc2)C(C)C(F)(F)F)c1)C(=O)O. The zero-order valence-electron chi connectivity index (χ0n) is 18.1. The van der Waals surface area contributed by atoms with Crippen molar-refractivity contribution < 1.29 is 41.0 Å². The number of carbonyl (C=O) groups excluding carboxylic acids is 1. The molecule has 0 heterocycles. The molecule has 2 aromatic carbocycles. The zero-order valence-corrected chi connectivity index (χ0v) is 18.9. The predicted octanol–water partition coefficient (Wildman–Crippen LogP) is 6.63. The molecule has 0 aliphatic carbocycles. The van der Waals surface area contributed by atoms with Gasteiger partial charge in [-0.25, -0.2) is 0 Å². The lowest BCUT2D eigenvalue weighted by Gasteiger charge is -2.26. The first-order chi connectivity index (χ1) is 15.6. The number of carboxylic acid groups (broad SMARTS) is 1. The smallest absolute Gasteiger partial charge is 0.393 e. The van der Waals surface area contributed by atoms with Crippen molar-refractivity contribution in [1.29, 1.82) is 0 Å². The average molecular weight is 510 g/mol. The number of aliphatic carboxylic acids is 1. The molecule has 11 heteroatoms. The summed E-state index contributed by atoms with van der Waals surface area (Å²) in [5.74, 6) is -6.78. The highest BCUT2D eigenvalue weighted by atomic mass is 35.5. The van der Waals surface area contributed by atoms with Gasteiger partial charge in [-0.2, -0.15) is 26.3 Å². The average Bonchev–Trinajstić information content (AvgIpc) is 2.70. The number of halogens is 7. The first kappa shape index (κ1) is 27.5. The minimum Gasteiger partial charge on any atom is -0.481 e. The zero-order chi connectivity index (χ0) is 25.8. The van der Waals surface area contributed by atoms with Crippen LogP contribution in [0.4, 0.5) is 32.0 Å². The standard InChI is InChI=1S/C23H22ClF6NO3/c1-12(21(33)34)9-15-5-8-17(24)18(10-15)31-20(32)19(13(2)23(28,29)30)16-6-3-14(4-7-16)11-22(25,26)27/h3-8,10,12-13,19H,9,11H2,1-2H3,(H,31,32)(H,33,34). The maximum absolute atomic E-state index is 13.5. The molecule has 0 radical (unpaired) electrons. The van der Waals surface area contributed by atoms with Gasteiger partial charge in [-0.05, 0) is 35.2 Å². The summed E-state index contributed by atoms with van der Waals surface area (Å²) in [5.41, 5.74) is 0.222. The van der Waals surface area contributed by atoms with Gasteiger partial charge in [-0.3, -0.25) is 9.59 Å². The van der Waals surface area contributed by atoms with Crippen LogP contribution in [-0.4, -0.2) is 29.3 Å². The van der Waals surface area contributed by atoms with E-state index in [4.69, 9.17) is 16.7 Å². The van der Waals surface area contributed by atoms with Gasteiger partial charge in [0.2, 0.25) is 5.91 Å². The van der Waals surface area contributed by atoms with E-state index in [1.165, 1.54) is 25.1 Å². The molecular weight excluding hydrogens is 488 g/mol. The van der Waals surface area contributed by atoms with Crippen LogP contribution in [0.5, 0.6) is 0 Å². The molecule has 0 bridgehead atoms. The summed E-state index contributed by atoms with van der Waals surface area (Å²) in [5, 5.41) is 11.5. The number of amides is 1. The van der Waals surface area contributed by atoms with Crippen LogP contribution >= 0.6 is 11.6 Å². The quantitative estimate of drug-likeness (QED) is 0.393. The molecule has 3 unspecified atom stereocenters. The number of carboxylic acids is 1. The molecule has 0 aliphatic rings. The topological polar surface area (TPSA) is 66.4 Å². The molecule has 2 N–H and O–H groups in total. The number of hydrogen-bond donors (Lipinski definition) is 2. The van der Waals surface area contributed by atoms with Crippen molar-refractivity contribution in [2.24, 2.45) is 11.8 Å². The van der Waals surface area contributed by atoms with E-state index in [0.717, 1.165) is 31.2 Å². The minimum atomic E-state index is -4.77. The first-order valence-corrected chi connectivity index (χ1v) is 10.5. The second-order valence-electron chi connectivity index (χ2n) is 8.09. The van der Waals surface area contributed by atoms with Crippen molar-refractivity contribution >= 4 is 29.2 Å². The lowest BCUT2D eigenvalue weighted by atomic mass is 9.85. The molecule has 0 spiro atoms. The number of nitrogens with one attached hydrogen (secondary N) is 1. The Bertz CT molecular complexity index is 1020. The van der Waals surface area contributed by atoms with E-state index in [1.807, 2.05) is 0 Å². The molecule has 34 heavy (non-hydrogen) atoms. The van der Waals surface area contributed by atoms with Crippen LogP contribution in [0.25, 0.3) is 0 Å². The van der Waals surface area contributed by atoms with Crippen LogP contribution in [0.3, 0.4) is 0 Å². The van der Waals surface area contributed by atoms with Crippen molar-refractivity contribution in [3.63, 3.8) is 0 Å². The Hall–Kier alpha value is -2.75. The summed E-state index contributed by atoms with van der Waals surface area (Å²) in [6.45, 7) is 2.28. The Morgan fingerprint density at radius 1 is 0.971 bits per heavy atom. The van der Waals surface area contributed by atoms with Crippen molar-refractivity contribution in [3.05, 3.63) is 64.2 Å². The molecule has 2 rings (SSSR count). The molecule has 2 aromatic rings. The monoisotopic (exact) mass is 509 g/mol. The number of alkyl halides is 6. The highest BCUT2D eigenvalue weighted by molar-refractivity contribution is 6.33. The fraction of sp³-hybridized carbons (Fsp3) is 0.391. The summed E-state index contributed by atoms with van der Waals surface area (Å²) >= 11 is 6.08. The third-order valence-corrected chi connectivity index (χ3v) is 5.62. The summed E-state index contributed by atoms with van der Waals surface area (Å²) in [6, 6.07) is 8.50.